The molecule has 0 radical (unpaired) electrons. The highest BCUT2D eigenvalue weighted by molar-refractivity contribution is 7.93. The fraction of sp³-hybridized carbons (Fsp3) is 0.444. The van der Waals surface area contributed by atoms with E-state index >= 15 is 0 Å². The Morgan fingerprint density at radius 3 is 2.89 bits per heavy atom. The molecule has 2 aromatic rings. The molecular weight excluding hydrogens is 368 g/mol. The molecule has 1 N–H and O–H groups in total. The van der Waals surface area contributed by atoms with Gasteiger partial charge in [-0.05, 0) is 37.8 Å². The average molecular weight is 390 g/mol. The summed E-state index contributed by atoms with van der Waals surface area (Å²) in [6, 6.07) is 8.85. The van der Waals surface area contributed by atoms with Crippen LogP contribution < -0.4 is 9.62 Å². The highest BCUT2D eigenvalue weighted by atomic mass is 32.2. The summed E-state index contributed by atoms with van der Waals surface area (Å²) in [5, 5.41) is 5.80. The van der Waals surface area contributed by atoms with Crippen molar-refractivity contribution in [3.05, 3.63) is 41.7 Å². The number of nitrogens with zero attached hydrogens (tertiary/aromatic N) is 3. The van der Waals surface area contributed by atoms with Crippen molar-refractivity contribution >= 4 is 27.6 Å². The van der Waals surface area contributed by atoms with Gasteiger partial charge in [-0.25, -0.2) is 13.2 Å². The standard InChI is InChI=1S/C18H22N4O4S/c1-13-11-17(20-26-13)19-18(23)21-9-4-6-15(12-21)27(24,25)22-10-8-14-5-2-3-7-16(14)22/h2-3,5,7,11,15H,4,6,8-10,12H2,1H3,(H,19,20,23)/t15-/m1/s1. The van der Waals surface area contributed by atoms with Gasteiger partial charge in [0.05, 0.1) is 10.9 Å². The summed E-state index contributed by atoms with van der Waals surface area (Å²) in [5.41, 5.74) is 1.81. The number of rotatable bonds is 3. The number of para-hydroxylation sites is 1. The van der Waals surface area contributed by atoms with E-state index in [0.717, 1.165) is 17.7 Å². The monoisotopic (exact) mass is 390 g/mol. The third-order valence-electron chi connectivity index (χ3n) is 5.10. The lowest BCUT2D eigenvalue weighted by molar-refractivity contribution is 0.200. The van der Waals surface area contributed by atoms with E-state index in [2.05, 4.69) is 10.5 Å². The van der Waals surface area contributed by atoms with Crippen LogP contribution in [0.5, 0.6) is 0 Å². The second-order valence-electron chi connectivity index (χ2n) is 6.96. The van der Waals surface area contributed by atoms with Crippen molar-refractivity contribution in [2.45, 2.75) is 31.4 Å². The van der Waals surface area contributed by atoms with E-state index in [9.17, 15) is 13.2 Å². The van der Waals surface area contributed by atoms with E-state index in [0.29, 0.717) is 37.5 Å². The van der Waals surface area contributed by atoms with E-state index < -0.39 is 15.3 Å². The van der Waals surface area contributed by atoms with Crippen LogP contribution in [0, 0.1) is 6.92 Å². The van der Waals surface area contributed by atoms with E-state index in [1.165, 1.54) is 9.21 Å². The van der Waals surface area contributed by atoms with Crippen LogP contribution in [0.15, 0.2) is 34.9 Å². The van der Waals surface area contributed by atoms with Crippen molar-refractivity contribution in [3.8, 4) is 0 Å². The predicted octanol–water partition coefficient (Wildman–Crippen LogP) is 2.37. The van der Waals surface area contributed by atoms with Crippen molar-refractivity contribution in [1.82, 2.24) is 10.1 Å². The Labute approximate surface area is 158 Å². The van der Waals surface area contributed by atoms with Gasteiger partial charge in [-0.1, -0.05) is 23.4 Å². The molecule has 0 bridgehead atoms. The number of likely N-dealkylation sites (tertiary alicyclic amines) is 1. The summed E-state index contributed by atoms with van der Waals surface area (Å²) in [5.74, 6) is 0.924. The maximum absolute atomic E-state index is 13.2. The number of piperidine rings is 1. The highest BCUT2D eigenvalue weighted by Crippen LogP contribution is 2.33. The third-order valence-corrected chi connectivity index (χ3v) is 7.32. The van der Waals surface area contributed by atoms with Gasteiger partial charge in [0.25, 0.3) is 0 Å². The van der Waals surface area contributed by atoms with Crippen LogP contribution in [0.2, 0.25) is 0 Å². The Hall–Kier alpha value is -2.55. The number of aromatic nitrogens is 1. The Kier molecular flexibility index (Phi) is 4.55. The highest BCUT2D eigenvalue weighted by Gasteiger charge is 2.39. The number of benzene rings is 1. The number of sulfonamides is 1. The molecule has 0 saturated carbocycles. The molecule has 1 atom stereocenters. The van der Waals surface area contributed by atoms with Gasteiger partial charge in [0.2, 0.25) is 10.0 Å². The Balaban J connectivity index is 1.48. The molecule has 1 aromatic carbocycles. The lowest BCUT2D eigenvalue weighted by Crippen LogP contribution is -2.50. The zero-order valence-electron chi connectivity index (χ0n) is 15.1. The normalized spacial score (nSPS) is 19.8. The van der Waals surface area contributed by atoms with E-state index in [4.69, 9.17) is 4.52 Å². The molecule has 2 aliphatic heterocycles. The lowest BCUT2D eigenvalue weighted by atomic mass is 10.1. The average Bonchev–Trinajstić information content (AvgIpc) is 3.28. The molecule has 144 valence electrons. The summed E-state index contributed by atoms with van der Waals surface area (Å²) in [4.78, 5) is 14.0. The number of aryl methyl sites for hydroxylation is 1. The van der Waals surface area contributed by atoms with Crippen molar-refractivity contribution < 1.29 is 17.7 Å². The fourth-order valence-electron chi connectivity index (χ4n) is 3.73. The molecule has 1 saturated heterocycles. The van der Waals surface area contributed by atoms with Gasteiger partial charge < -0.3 is 9.42 Å². The first-order valence-corrected chi connectivity index (χ1v) is 10.5. The second kappa shape index (κ2) is 6.88. The summed E-state index contributed by atoms with van der Waals surface area (Å²) in [6.07, 6.45) is 1.91. The molecule has 0 unspecified atom stereocenters. The minimum absolute atomic E-state index is 0.170. The number of carbonyl (C=O) groups excluding carboxylic acids is 1. The van der Waals surface area contributed by atoms with E-state index in [1.54, 1.807) is 13.0 Å². The first-order valence-electron chi connectivity index (χ1n) is 9.04. The van der Waals surface area contributed by atoms with Gasteiger partial charge in [0.1, 0.15) is 5.76 Å². The molecule has 27 heavy (non-hydrogen) atoms. The minimum atomic E-state index is -3.53. The summed E-state index contributed by atoms with van der Waals surface area (Å²) in [7, 11) is -3.53. The van der Waals surface area contributed by atoms with Crippen molar-refractivity contribution in [2.75, 3.05) is 29.3 Å². The predicted molar refractivity (Wildman–Crippen MR) is 101 cm³/mol. The van der Waals surface area contributed by atoms with Crippen LogP contribution in [0.1, 0.15) is 24.2 Å². The van der Waals surface area contributed by atoms with Gasteiger partial charge in [0.15, 0.2) is 5.82 Å². The largest absolute Gasteiger partial charge is 0.360 e. The van der Waals surface area contributed by atoms with Crippen LogP contribution >= 0.6 is 0 Å². The van der Waals surface area contributed by atoms with E-state index in [-0.39, 0.29) is 12.6 Å². The topological polar surface area (TPSA) is 95.8 Å². The minimum Gasteiger partial charge on any atom is -0.360 e. The first kappa shape index (κ1) is 17.8. The number of urea groups is 1. The molecule has 0 spiro atoms. The van der Waals surface area contributed by atoms with Crippen LogP contribution in [-0.2, 0) is 16.4 Å². The van der Waals surface area contributed by atoms with Crippen molar-refractivity contribution in [3.63, 3.8) is 0 Å². The van der Waals surface area contributed by atoms with Crippen LogP contribution in [-0.4, -0.2) is 49.4 Å². The lowest BCUT2D eigenvalue weighted by Gasteiger charge is -2.34. The molecule has 2 aliphatic rings. The van der Waals surface area contributed by atoms with Gasteiger partial charge in [-0.15, -0.1) is 0 Å². The molecule has 8 nitrogen and oxygen atoms in total. The molecule has 3 heterocycles. The Morgan fingerprint density at radius 1 is 1.30 bits per heavy atom. The zero-order valence-corrected chi connectivity index (χ0v) is 15.9. The first-order chi connectivity index (χ1) is 12.9. The smallest absolute Gasteiger partial charge is 0.323 e. The maximum atomic E-state index is 13.2. The molecule has 2 amide bonds. The number of carbonyl (C=O) groups is 1. The molecule has 1 fully saturated rings. The Morgan fingerprint density at radius 2 is 2.11 bits per heavy atom. The second-order valence-corrected chi connectivity index (χ2v) is 9.10. The molecule has 9 heteroatoms. The maximum Gasteiger partial charge on any atom is 0.323 e. The number of nitrogens with one attached hydrogen (secondary N) is 1. The van der Waals surface area contributed by atoms with Crippen LogP contribution in [0.3, 0.4) is 0 Å². The fourth-order valence-corrected chi connectivity index (χ4v) is 5.72. The zero-order chi connectivity index (χ0) is 19.0. The van der Waals surface area contributed by atoms with Crippen LogP contribution in [0.25, 0.3) is 0 Å². The summed E-state index contributed by atoms with van der Waals surface area (Å²) >= 11 is 0. The SMILES string of the molecule is Cc1cc(NC(=O)N2CCC[C@@H](S(=O)(=O)N3CCc4ccccc43)C2)no1. The van der Waals surface area contributed by atoms with Gasteiger partial charge in [-0.2, -0.15) is 0 Å². The number of hydrogen-bond acceptors (Lipinski definition) is 5. The quantitative estimate of drug-likeness (QED) is 0.868. The summed E-state index contributed by atoms with van der Waals surface area (Å²) < 4.78 is 32.9. The number of anilines is 2. The van der Waals surface area contributed by atoms with Gasteiger partial charge >= 0.3 is 6.03 Å². The molecular formula is C18H22N4O4S. The number of amides is 2. The Bertz CT molecular complexity index is 956. The van der Waals surface area contributed by atoms with Crippen LogP contribution in [0.4, 0.5) is 16.3 Å². The summed E-state index contributed by atoms with van der Waals surface area (Å²) in [6.45, 7) is 2.89. The molecule has 1 aromatic heterocycles. The van der Waals surface area contributed by atoms with Crippen molar-refractivity contribution in [1.29, 1.82) is 0 Å². The van der Waals surface area contributed by atoms with Crippen molar-refractivity contribution in [2.24, 2.45) is 0 Å². The van der Waals surface area contributed by atoms with Gasteiger partial charge in [0, 0.05) is 25.7 Å². The van der Waals surface area contributed by atoms with Gasteiger partial charge in [-0.3, -0.25) is 9.62 Å². The number of hydrogen-bond donors (Lipinski definition) is 1. The molecule has 4 rings (SSSR count). The number of fused-ring (bicyclic) bond motifs is 1. The van der Waals surface area contributed by atoms with E-state index in [1.807, 2.05) is 24.3 Å². The molecule has 0 aliphatic carbocycles. The third kappa shape index (κ3) is 3.39.